The molecule has 0 saturated heterocycles. The van der Waals surface area contributed by atoms with Gasteiger partial charge in [0, 0.05) is 12.6 Å². The summed E-state index contributed by atoms with van der Waals surface area (Å²) in [6.45, 7) is 0.733. The minimum atomic E-state index is -0.866. The zero-order valence-corrected chi connectivity index (χ0v) is 13.2. The van der Waals surface area contributed by atoms with E-state index >= 15 is 0 Å². The zero-order chi connectivity index (χ0) is 16.1. The molecule has 1 saturated carbocycles. The van der Waals surface area contributed by atoms with Crippen molar-refractivity contribution < 1.29 is 9.90 Å². The molecule has 2 N–H and O–H groups in total. The van der Waals surface area contributed by atoms with Crippen molar-refractivity contribution in [3.8, 4) is 0 Å². The molecular weight excluding hydrogens is 286 g/mol. The van der Waals surface area contributed by atoms with Crippen LogP contribution in [-0.4, -0.2) is 17.1 Å². The monoisotopic (exact) mass is 309 g/mol. The van der Waals surface area contributed by atoms with E-state index in [1.165, 1.54) is 24.8 Å². The second-order valence-electron chi connectivity index (χ2n) is 6.37. The van der Waals surface area contributed by atoms with E-state index in [-0.39, 0.29) is 0 Å². The second-order valence-corrected chi connectivity index (χ2v) is 6.37. The van der Waals surface area contributed by atoms with Crippen molar-refractivity contribution >= 4 is 5.97 Å². The van der Waals surface area contributed by atoms with Gasteiger partial charge in [-0.1, -0.05) is 48.9 Å². The highest BCUT2D eigenvalue weighted by Crippen LogP contribution is 2.29. The van der Waals surface area contributed by atoms with Crippen LogP contribution in [0, 0.1) is 5.92 Å². The maximum atomic E-state index is 11.0. The van der Waals surface area contributed by atoms with Crippen LogP contribution in [0.1, 0.15) is 40.7 Å². The molecule has 0 heterocycles. The molecule has 3 heteroatoms. The number of hydrogen-bond donors (Lipinski definition) is 2. The van der Waals surface area contributed by atoms with E-state index in [0.717, 1.165) is 18.5 Å². The van der Waals surface area contributed by atoms with Crippen molar-refractivity contribution in [3.05, 3.63) is 71.3 Å². The van der Waals surface area contributed by atoms with Gasteiger partial charge in [-0.05, 0) is 48.4 Å². The van der Waals surface area contributed by atoms with Crippen molar-refractivity contribution in [1.82, 2.24) is 5.32 Å². The van der Waals surface area contributed by atoms with E-state index in [4.69, 9.17) is 5.11 Å². The fraction of sp³-hybridized carbons (Fsp3) is 0.350. The van der Waals surface area contributed by atoms with Crippen LogP contribution in [0.25, 0.3) is 0 Å². The summed E-state index contributed by atoms with van der Waals surface area (Å²) < 4.78 is 0. The number of carboxylic acid groups (broad SMARTS) is 1. The number of carbonyl (C=O) groups is 1. The predicted molar refractivity (Wildman–Crippen MR) is 91.5 cm³/mol. The molecule has 2 unspecified atom stereocenters. The lowest BCUT2D eigenvalue weighted by Crippen LogP contribution is -2.33. The van der Waals surface area contributed by atoms with E-state index in [2.05, 4.69) is 35.6 Å². The van der Waals surface area contributed by atoms with Crippen molar-refractivity contribution in [1.29, 1.82) is 0 Å². The van der Waals surface area contributed by atoms with Crippen LogP contribution < -0.4 is 5.32 Å². The van der Waals surface area contributed by atoms with Crippen LogP contribution >= 0.6 is 0 Å². The molecule has 3 nitrogen and oxygen atoms in total. The molecule has 3 rings (SSSR count). The van der Waals surface area contributed by atoms with E-state index in [1.807, 2.05) is 12.1 Å². The molecule has 23 heavy (non-hydrogen) atoms. The third-order valence-electron chi connectivity index (χ3n) is 4.74. The Balaban J connectivity index is 1.58. The van der Waals surface area contributed by atoms with Gasteiger partial charge in [-0.3, -0.25) is 0 Å². The molecule has 1 aliphatic rings. The number of aromatic carboxylic acids is 1. The summed E-state index contributed by atoms with van der Waals surface area (Å²) in [4.78, 5) is 11.0. The molecule has 0 bridgehead atoms. The van der Waals surface area contributed by atoms with Gasteiger partial charge in [0.05, 0.1) is 5.56 Å². The molecule has 0 aliphatic heterocycles. The fourth-order valence-corrected chi connectivity index (χ4v) is 3.53. The predicted octanol–water partition coefficient (Wildman–Crippen LogP) is 3.89. The third kappa shape index (κ3) is 4.20. The third-order valence-corrected chi connectivity index (χ3v) is 4.74. The van der Waals surface area contributed by atoms with Gasteiger partial charge < -0.3 is 10.4 Å². The largest absolute Gasteiger partial charge is 0.478 e. The number of carboxylic acids is 1. The van der Waals surface area contributed by atoms with Gasteiger partial charge in [0.25, 0.3) is 0 Å². The van der Waals surface area contributed by atoms with Crippen LogP contribution in [0.15, 0.2) is 54.6 Å². The molecule has 1 fully saturated rings. The highest BCUT2D eigenvalue weighted by molar-refractivity contribution is 5.87. The minimum Gasteiger partial charge on any atom is -0.478 e. The molecule has 120 valence electrons. The lowest BCUT2D eigenvalue weighted by atomic mass is 9.94. The van der Waals surface area contributed by atoms with Crippen molar-refractivity contribution in [2.45, 2.75) is 38.3 Å². The van der Waals surface area contributed by atoms with Crippen LogP contribution in [0.3, 0.4) is 0 Å². The van der Waals surface area contributed by atoms with E-state index in [1.54, 1.807) is 12.1 Å². The molecule has 0 radical (unpaired) electrons. The number of nitrogens with one attached hydrogen (secondary N) is 1. The van der Waals surface area contributed by atoms with Crippen LogP contribution in [-0.2, 0) is 13.0 Å². The van der Waals surface area contributed by atoms with Gasteiger partial charge in [-0.15, -0.1) is 0 Å². The summed E-state index contributed by atoms with van der Waals surface area (Å²) in [5.41, 5.74) is 2.80. The quantitative estimate of drug-likeness (QED) is 0.851. The van der Waals surface area contributed by atoms with Crippen LogP contribution in [0.4, 0.5) is 0 Å². The number of benzene rings is 2. The molecule has 1 aliphatic carbocycles. The Morgan fingerprint density at radius 1 is 1.04 bits per heavy atom. The first-order chi connectivity index (χ1) is 11.2. The molecule has 2 aromatic rings. The first-order valence-electron chi connectivity index (χ1n) is 8.32. The molecule has 0 amide bonds. The Kier molecular flexibility index (Phi) is 5.09. The SMILES string of the molecule is O=C(O)c1cccc(CNC2CCCC2Cc2ccccc2)c1. The van der Waals surface area contributed by atoms with Gasteiger partial charge in [0.2, 0.25) is 0 Å². The average molecular weight is 309 g/mol. The molecule has 2 aromatic carbocycles. The molecular formula is C20H23NO2. The lowest BCUT2D eigenvalue weighted by Gasteiger charge is -2.21. The summed E-state index contributed by atoms with van der Waals surface area (Å²) in [6.07, 6.45) is 4.86. The number of hydrogen-bond acceptors (Lipinski definition) is 2. The normalized spacial score (nSPS) is 20.5. The van der Waals surface area contributed by atoms with E-state index < -0.39 is 5.97 Å². The Bertz CT molecular complexity index is 654. The Morgan fingerprint density at radius 3 is 2.61 bits per heavy atom. The van der Waals surface area contributed by atoms with Gasteiger partial charge in [-0.2, -0.15) is 0 Å². The highest BCUT2D eigenvalue weighted by atomic mass is 16.4. The first-order valence-corrected chi connectivity index (χ1v) is 8.32. The maximum absolute atomic E-state index is 11.0. The van der Waals surface area contributed by atoms with Crippen LogP contribution in [0.2, 0.25) is 0 Å². The smallest absolute Gasteiger partial charge is 0.335 e. The Labute approximate surface area is 137 Å². The maximum Gasteiger partial charge on any atom is 0.335 e. The lowest BCUT2D eigenvalue weighted by molar-refractivity contribution is 0.0696. The average Bonchev–Trinajstić information content (AvgIpc) is 3.01. The summed E-state index contributed by atoms with van der Waals surface area (Å²) >= 11 is 0. The van der Waals surface area contributed by atoms with E-state index in [9.17, 15) is 4.79 Å². The Hall–Kier alpha value is -2.13. The fourth-order valence-electron chi connectivity index (χ4n) is 3.53. The second kappa shape index (κ2) is 7.42. The van der Waals surface area contributed by atoms with Gasteiger partial charge >= 0.3 is 5.97 Å². The van der Waals surface area contributed by atoms with Crippen molar-refractivity contribution in [3.63, 3.8) is 0 Å². The topological polar surface area (TPSA) is 49.3 Å². The highest BCUT2D eigenvalue weighted by Gasteiger charge is 2.26. The first kappa shape index (κ1) is 15.8. The zero-order valence-electron chi connectivity index (χ0n) is 13.2. The molecule has 0 spiro atoms. The van der Waals surface area contributed by atoms with Gasteiger partial charge in [-0.25, -0.2) is 4.79 Å². The van der Waals surface area contributed by atoms with Crippen molar-refractivity contribution in [2.75, 3.05) is 0 Å². The van der Waals surface area contributed by atoms with Crippen molar-refractivity contribution in [2.24, 2.45) is 5.92 Å². The summed E-state index contributed by atoms with van der Waals surface area (Å²) in [6, 6.07) is 18.4. The van der Waals surface area contributed by atoms with Crippen LogP contribution in [0.5, 0.6) is 0 Å². The summed E-state index contributed by atoms with van der Waals surface area (Å²) in [7, 11) is 0. The number of rotatable bonds is 6. The summed E-state index contributed by atoms with van der Waals surface area (Å²) in [5.74, 6) is -0.199. The molecule has 2 atom stereocenters. The minimum absolute atomic E-state index is 0.358. The van der Waals surface area contributed by atoms with Gasteiger partial charge in [0.1, 0.15) is 0 Å². The van der Waals surface area contributed by atoms with E-state index in [0.29, 0.717) is 17.5 Å². The van der Waals surface area contributed by atoms with Gasteiger partial charge in [0.15, 0.2) is 0 Å². The standard InChI is InChI=1S/C20H23NO2/c22-20(23)18-10-4-8-16(13-18)14-21-19-11-5-9-17(19)12-15-6-2-1-3-7-15/h1-4,6-8,10,13,17,19,21H,5,9,11-12,14H2,(H,22,23). The molecule has 0 aromatic heterocycles. The summed E-state index contributed by atoms with van der Waals surface area (Å²) in [5, 5.41) is 12.7. The Morgan fingerprint density at radius 2 is 1.83 bits per heavy atom.